The topological polar surface area (TPSA) is 3.24 Å². The Morgan fingerprint density at radius 3 is 2.79 bits per heavy atom. The molecule has 1 aromatic rings. The molecule has 1 aromatic carbocycles. The largest absolute Gasteiger partial charge is 0.368 e. The minimum atomic E-state index is -0.103. The summed E-state index contributed by atoms with van der Waals surface area (Å²) >= 11 is 0. The number of benzene rings is 1. The summed E-state index contributed by atoms with van der Waals surface area (Å²) in [6.45, 7) is 7.99. The van der Waals surface area contributed by atoms with Crippen LogP contribution in [0.5, 0.6) is 0 Å². The number of rotatable bonds is 5. The Hall–Kier alpha value is -1.05. The van der Waals surface area contributed by atoms with Crippen LogP contribution in [0.2, 0.25) is 0 Å². The first kappa shape index (κ1) is 14.4. The molecule has 0 saturated heterocycles. The smallest absolute Gasteiger partial charge is 0.123 e. The van der Waals surface area contributed by atoms with E-state index in [0.717, 1.165) is 25.3 Å². The van der Waals surface area contributed by atoms with Gasteiger partial charge in [0.15, 0.2) is 0 Å². The van der Waals surface area contributed by atoms with Gasteiger partial charge in [0.05, 0.1) is 0 Å². The van der Waals surface area contributed by atoms with Crippen LogP contribution in [0.25, 0.3) is 0 Å². The first-order valence-corrected chi connectivity index (χ1v) is 7.72. The van der Waals surface area contributed by atoms with Gasteiger partial charge in [0.2, 0.25) is 0 Å². The van der Waals surface area contributed by atoms with Gasteiger partial charge in [0.25, 0.3) is 0 Å². The second-order valence-electron chi connectivity index (χ2n) is 5.77. The highest BCUT2D eigenvalue weighted by Crippen LogP contribution is 2.32. The molecule has 1 nitrogen and oxygen atoms in total. The van der Waals surface area contributed by atoms with Gasteiger partial charge in [-0.05, 0) is 55.9 Å². The summed E-state index contributed by atoms with van der Waals surface area (Å²) in [6.07, 6.45) is 5.91. The zero-order valence-electron chi connectivity index (χ0n) is 12.5. The molecule has 1 aliphatic rings. The van der Waals surface area contributed by atoms with E-state index in [1.165, 1.54) is 30.5 Å². The first-order valence-electron chi connectivity index (χ1n) is 7.72. The molecule has 2 unspecified atom stereocenters. The molecule has 0 N–H and O–H groups in total. The van der Waals surface area contributed by atoms with Crippen molar-refractivity contribution in [1.29, 1.82) is 0 Å². The Bertz CT molecular complexity index is 416. The maximum absolute atomic E-state index is 13.3. The molecule has 0 aromatic heterocycles. The van der Waals surface area contributed by atoms with Gasteiger partial charge >= 0.3 is 0 Å². The van der Waals surface area contributed by atoms with Crippen molar-refractivity contribution < 1.29 is 4.39 Å². The average molecular weight is 263 g/mol. The maximum Gasteiger partial charge on any atom is 0.123 e. The lowest BCUT2D eigenvalue weighted by molar-refractivity contribution is 0.371. The summed E-state index contributed by atoms with van der Waals surface area (Å²) in [6, 6.07) is 5.84. The molecular weight excluding hydrogens is 237 g/mol. The number of hydrogen-bond acceptors (Lipinski definition) is 1. The van der Waals surface area contributed by atoms with E-state index in [0.29, 0.717) is 6.04 Å². The van der Waals surface area contributed by atoms with Crippen molar-refractivity contribution in [3.63, 3.8) is 0 Å². The molecule has 2 atom stereocenters. The van der Waals surface area contributed by atoms with Gasteiger partial charge in [-0.2, -0.15) is 0 Å². The van der Waals surface area contributed by atoms with Crippen LogP contribution < -0.4 is 4.90 Å². The molecule has 0 fully saturated rings. The van der Waals surface area contributed by atoms with Crippen molar-refractivity contribution in [2.75, 3.05) is 11.4 Å². The fourth-order valence-electron chi connectivity index (χ4n) is 3.43. The van der Waals surface area contributed by atoms with E-state index < -0.39 is 0 Å². The fraction of sp³-hybridized carbons (Fsp3) is 0.647. The van der Waals surface area contributed by atoms with Crippen molar-refractivity contribution in [3.8, 4) is 0 Å². The van der Waals surface area contributed by atoms with Crippen LogP contribution in [0.1, 0.15) is 52.0 Å². The summed E-state index contributed by atoms with van der Waals surface area (Å²) in [7, 11) is 0. The lowest BCUT2D eigenvalue weighted by atomic mass is 9.90. The zero-order chi connectivity index (χ0) is 13.8. The summed E-state index contributed by atoms with van der Waals surface area (Å²) in [5.74, 6) is 0.634. The molecule has 0 saturated carbocycles. The highest BCUT2D eigenvalue weighted by Gasteiger charge is 2.26. The quantitative estimate of drug-likeness (QED) is 0.738. The standard InChI is InChI=1S/C17H26FN/c1-4-7-14(5-2)13(3)19-11-6-8-15-12-16(18)9-10-17(15)19/h9-10,12-14H,4-8,11H2,1-3H3. The molecule has 0 aliphatic carbocycles. The minimum absolute atomic E-state index is 0.103. The Kier molecular flexibility index (Phi) is 4.84. The average Bonchev–Trinajstić information content (AvgIpc) is 2.43. The van der Waals surface area contributed by atoms with E-state index in [-0.39, 0.29) is 5.82 Å². The normalized spacial score (nSPS) is 18.0. The number of halogens is 1. The van der Waals surface area contributed by atoms with Crippen LogP contribution in [0, 0.1) is 11.7 Å². The molecule has 2 rings (SSSR count). The second kappa shape index (κ2) is 6.40. The summed E-state index contributed by atoms with van der Waals surface area (Å²) in [4.78, 5) is 2.50. The monoisotopic (exact) mass is 263 g/mol. The predicted octanol–water partition coefficient (Wildman–Crippen LogP) is 4.79. The Labute approximate surface area is 116 Å². The van der Waals surface area contributed by atoms with Crippen LogP contribution in [0.4, 0.5) is 10.1 Å². The molecule has 0 bridgehead atoms. The van der Waals surface area contributed by atoms with E-state index >= 15 is 0 Å². The van der Waals surface area contributed by atoms with Gasteiger partial charge in [0, 0.05) is 18.3 Å². The number of nitrogens with zero attached hydrogens (tertiary/aromatic N) is 1. The summed E-state index contributed by atoms with van der Waals surface area (Å²) in [5, 5.41) is 0. The van der Waals surface area contributed by atoms with Crippen molar-refractivity contribution >= 4 is 5.69 Å². The van der Waals surface area contributed by atoms with E-state index in [1.54, 1.807) is 12.1 Å². The number of fused-ring (bicyclic) bond motifs is 1. The van der Waals surface area contributed by atoms with Crippen LogP contribution >= 0.6 is 0 Å². The lowest BCUT2D eigenvalue weighted by Gasteiger charge is -2.40. The van der Waals surface area contributed by atoms with Crippen LogP contribution in [-0.4, -0.2) is 12.6 Å². The fourth-order valence-corrected chi connectivity index (χ4v) is 3.43. The zero-order valence-corrected chi connectivity index (χ0v) is 12.5. The molecule has 1 heterocycles. The third kappa shape index (κ3) is 3.10. The Balaban J connectivity index is 2.22. The highest BCUT2D eigenvalue weighted by molar-refractivity contribution is 5.56. The molecule has 1 aliphatic heterocycles. The van der Waals surface area contributed by atoms with E-state index in [4.69, 9.17) is 0 Å². The predicted molar refractivity (Wildman–Crippen MR) is 80.2 cm³/mol. The Morgan fingerprint density at radius 1 is 1.32 bits per heavy atom. The van der Waals surface area contributed by atoms with Crippen LogP contribution in [-0.2, 0) is 6.42 Å². The van der Waals surface area contributed by atoms with Crippen molar-refractivity contribution in [3.05, 3.63) is 29.6 Å². The van der Waals surface area contributed by atoms with E-state index in [9.17, 15) is 4.39 Å². The van der Waals surface area contributed by atoms with Gasteiger partial charge in [0.1, 0.15) is 5.82 Å². The Morgan fingerprint density at radius 2 is 2.11 bits per heavy atom. The summed E-state index contributed by atoms with van der Waals surface area (Å²) in [5.41, 5.74) is 2.44. The number of hydrogen-bond donors (Lipinski definition) is 0. The van der Waals surface area contributed by atoms with Gasteiger partial charge in [-0.3, -0.25) is 0 Å². The molecule has 106 valence electrons. The lowest BCUT2D eigenvalue weighted by Crippen LogP contribution is -2.41. The molecule has 2 heteroatoms. The minimum Gasteiger partial charge on any atom is -0.368 e. The molecular formula is C17H26FN. The van der Waals surface area contributed by atoms with Crippen LogP contribution in [0.15, 0.2) is 18.2 Å². The van der Waals surface area contributed by atoms with Gasteiger partial charge < -0.3 is 4.90 Å². The van der Waals surface area contributed by atoms with Gasteiger partial charge in [-0.25, -0.2) is 4.39 Å². The SMILES string of the molecule is CCCC(CC)C(C)N1CCCc2cc(F)ccc21. The van der Waals surface area contributed by atoms with Gasteiger partial charge in [-0.15, -0.1) is 0 Å². The van der Waals surface area contributed by atoms with Crippen LogP contribution in [0.3, 0.4) is 0 Å². The molecule has 19 heavy (non-hydrogen) atoms. The van der Waals surface area contributed by atoms with Crippen molar-refractivity contribution in [2.24, 2.45) is 5.92 Å². The van der Waals surface area contributed by atoms with E-state index in [2.05, 4.69) is 25.7 Å². The number of anilines is 1. The molecule has 0 radical (unpaired) electrons. The molecule has 0 spiro atoms. The third-order valence-corrected chi connectivity index (χ3v) is 4.55. The van der Waals surface area contributed by atoms with E-state index in [1.807, 2.05) is 6.07 Å². The number of aryl methyl sites for hydroxylation is 1. The maximum atomic E-state index is 13.3. The first-order chi connectivity index (χ1) is 9.17. The van der Waals surface area contributed by atoms with Crippen molar-refractivity contribution in [1.82, 2.24) is 0 Å². The third-order valence-electron chi connectivity index (χ3n) is 4.55. The highest BCUT2D eigenvalue weighted by atomic mass is 19.1. The molecule has 0 amide bonds. The van der Waals surface area contributed by atoms with Crippen molar-refractivity contribution in [2.45, 2.75) is 58.9 Å². The van der Waals surface area contributed by atoms with Gasteiger partial charge in [-0.1, -0.05) is 26.7 Å². The summed E-state index contributed by atoms with van der Waals surface area (Å²) < 4.78 is 13.3. The second-order valence-corrected chi connectivity index (χ2v) is 5.77.